The Kier molecular flexibility index (Phi) is 7.36. The molecule has 1 N–H and O–H groups in total. The van der Waals surface area contributed by atoms with Gasteiger partial charge in [-0.2, -0.15) is 0 Å². The molecule has 0 radical (unpaired) electrons. The molecule has 1 unspecified atom stereocenters. The van der Waals surface area contributed by atoms with Gasteiger partial charge < -0.3 is 14.6 Å². The van der Waals surface area contributed by atoms with Crippen LogP contribution in [0.1, 0.15) is 19.8 Å². The van der Waals surface area contributed by atoms with Crippen LogP contribution in [0.4, 0.5) is 0 Å². The van der Waals surface area contributed by atoms with E-state index >= 15 is 0 Å². The molecular weight excluding hydrogens is 196 g/mol. The Morgan fingerprint density at radius 3 is 2.73 bits per heavy atom. The van der Waals surface area contributed by atoms with Crippen molar-refractivity contribution in [3.8, 4) is 0 Å². The number of hydrogen-bond acceptors (Lipinski definition) is 3. The summed E-state index contributed by atoms with van der Waals surface area (Å²) < 4.78 is 10.2. The van der Waals surface area contributed by atoms with Crippen LogP contribution < -0.4 is 0 Å². The van der Waals surface area contributed by atoms with E-state index in [0.29, 0.717) is 26.1 Å². The second kappa shape index (κ2) is 8.05. The molecule has 0 aliphatic heterocycles. The molecule has 15 heavy (non-hydrogen) atoms. The molecular formula is C11H18O4. The van der Waals surface area contributed by atoms with E-state index in [1.807, 2.05) is 6.92 Å². The number of aliphatic carboxylic acids is 1. The fraction of sp³-hybridized carbons (Fsp3) is 0.545. The number of hydrogen-bond donors (Lipinski definition) is 1. The topological polar surface area (TPSA) is 55.8 Å². The van der Waals surface area contributed by atoms with Gasteiger partial charge in [0, 0.05) is 5.57 Å². The van der Waals surface area contributed by atoms with Crippen molar-refractivity contribution in [3.05, 3.63) is 25.0 Å². The first kappa shape index (κ1) is 13.7. The van der Waals surface area contributed by atoms with Gasteiger partial charge in [-0.1, -0.05) is 13.2 Å². The summed E-state index contributed by atoms with van der Waals surface area (Å²) in [5, 5.41) is 8.57. The highest BCUT2D eigenvalue weighted by Gasteiger charge is 2.07. The van der Waals surface area contributed by atoms with Crippen molar-refractivity contribution in [1.82, 2.24) is 0 Å². The number of carboxylic acids is 1. The first-order valence-corrected chi connectivity index (χ1v) is 4.83. The molecule has 0 aliphatic carbocycles. The summed E-state index contributed by atoms with van der Waals surface area (Å²) in [6.07, 6.45) is 2.47. The number of carboxylic acid groups (broad SMARTS) is 1. The highest BCUT2D eigenvalue weighted by Crippen LogP contribution is 2.08. The number of rotatable bonds is 9. The van der Waals surface area contributed by atoms with Crippen LogP contribution >= 0.6 is 0 Å². The smallest absolute Gasteiger partial charge is 0.330 e. The van der Waals surface area contributed by atoms with E-state index in [1.54, 1.807) is 0 Å². The third-order valence-corrected chi connectivity index (χ3v) is 1.88. The van der Waals surface area contributed by atoms with Crippen LogP contribution in [-0.4, -0.2) is 30.4 Å². The largest absolute Gasteiger partial charge is 0.499 e. The lowest BCUT2D eigenvalue weighted by atomic mass is 10.1. The van der Waals surface area contributed by atoms with Crippen molar-refractivity contribution in [2.24, 2.45) is 0 Å². The second-order valence-electron chi connectivity index (χ2n) is 3.17. The van der Waals surface area contributed by atoms with Crippen molar-refractivity contribution in [3.63, 3.8) is 0 Å². The summed E-state index contributed by atoms with van der Waals surface area (Å²) >= 11 is 0. The molecule has 4 heteroatoms. The summed E-state index contributed by atoms with van der Waals surface area (Å²) in [4.78, 5) is 10.4. The van der Waals surface area contributed by atoms with Crippen molar-refractivity contribution in [2.75, 3.05) is 13.2 Å². The standard InChI is InChI=1S/C11H18O4/c1-4-14-7-8-15-10(3)6-5-9(2)11(12)13/h4,10H,1-2,5-8H2,3H3,(H,12,13). The fourth-order valence-electron chi connectivity index (χ4n) is 0.949. The van der Waals surface area contributed by atoms with Crippen LogP contribution in [0, 0.1) is 0 Å². The van der Waals surface area contributed by atoms with Crippen LogP contribution in [0.2, 0.25) is 0 Å². The van der Waals surface area contributed by atoms with E-state index < -0.39 is 5.97 Å². The first-order valence-electron chi connectivity index (χ1n) is 4.83. The molecule has 0 saturated carbocycles. The quantitative estimate of drug-likeness (QED) is 0.362. The Bertz CT molecular complexity index is 223. The fourth-order valence-corrected chi connectivity index (χ4v) is 0.949. The van der Waals surface area contributed by atoms with Crippen molar-refractivity contribution in [2.45, 2.75) is 25.9 Å². The minimum absolute atomic E-state index is 0.00881. The molecule has 1 atom stereocenters. The van der Waals surface area contributed by atoms with Gasteiger partial charge in [0.05, 0.1) is 19.0 Å². The number of ether oxygens (including phenoxy) is 2. The van der Waals surface area contributed by atoms with Crippen molar-refractivity contribution >= 4 is 5.97 Å². The van der Waals surface area contributed by atoms with Crippen LogP contribution in [-0.2, 0) is 14.3 Å². The van der Waals surface area contributed by atoms with Crippen molar-refractivity contribution in [1.29, 1.82) is 0 Å². The van der Waals surface area contributed by atoms with E-state index in [-0.39, 0.29) is 11.7 Å². The van der Waals surface area contributed by atoms with E-state index in [1.165, 1.54) is 6.26 Å². The third-order valence-electron chi connectivity index (χ3n) is 1.88. The molecule has 0 saturated heterocycles. The Labute approximate surface area is 90.2 Å². The summed E-state index contributed by atoms with van der Waals surface area (Å²) in [6, 6.07) is 0. The highest BCUT2D eigenvalue weighted by atomic mass is 16.5. The lowest BCUT2D eigenvalue weighted by Gasteiger charge is -2.12. The highest BCUT2D eigenvalue weighted by molar-refractivity contribution is 5.85. The summed E-state index contributed by atoms with van der Waals surface area (Å²) in [5.74, 6) is -0.947. The van der Waals surface area contributed by atoms with Crippen LogP contribution in [0.15, 0.2) is 25.0 Å². The van der Waals surface area contributed by atoms with Gasteiger partial charge in [0.15, 0.2) is 0 Å². The van der Waals surface area contributed by atoms with Gasteiger partial charge in [-0.05, 0) is 19.8 Å². The lowest BCUT2D eigenvalue weighted by Crippen LogP contribution is -2.13. The molecule has 4 nitrogen and oxygen atoms in total. The van der Waals surface area contributed by atoms with E-state index in [9.17, 15) is 4.79 Å². The van der Waals surface area contributed by atoms with Gasteiger partial charge in [-0.15, -0.1) is 0 Å². The maximum atomic E-state index is 10.4. The minimum Gasteiger partial charge on any atom is -0.499 e. The van der Waals surface area contributed by atoms with Gasteiger partial charge in [-0.3, -0.25) is 0 Å². The third kappa shape index (κ3) is 7.76. The van der Waals surface area contributed by atoms with Gasteiger partial charge in [0.2, 0.25) is 0 Å². The summed E-state index contributed by atoms with van der Waals surface area (Å²) in [5.41, 5.74) is 0.216. The summed E-state index contributed by atoms with van der Waals surface area (Å²) in [7, 11) is 0. The molecule has 0 bridgehead atoms. The molecule has 0 spiro atoms. The Hall–Kier alpha value is -1.29. The average molecular weight is 214 g/mol. The molecule has 0 aromatic rings. The van der Waals surface area contributed by atoms with Gasteiger partial charge in [0.1, 0.15) is 6.61 Å². The predicted octanol–water partition coefficient (Wildman–Crippen LogP) is 1.97. The Morgan fingerprint density at radius 2 is 2.20 bits per heavy atom. The normalized spacial score (nSPS) is 11.8. The van der Waals surface area contributed by atoms with Crippen LogP contribution in [0.3, 0.4) is 0 Å². The molecule has 0 heterocycles. The SMILES string of the molecule is C=COCCOC(C)CCC(=C)C(=O)O. The number of carbonyl (C=O) groups is 1. The molecule has 0 aromatic heterocycles. The Balaban J connectivity index is 3.48. The Morgan fingerprint density at radius 1 is 1.53 bits per heavy atom. The monoisotopic (exact) mass is 214 g/mol. The second-order valence-corrected chi connectivity index (χ2v) is 3.17. The first-order chi connectivity index (χ1) is 7.07. The van der Waals surface area contributed by atoms with Gasteiger partial charge in [0.25, 0.3) is 0 Å². The van der Waals surface area contributed by atoms with Gasteiger partial charge in [-0.25, -0.2) is 4.79 Å². The van der Waals surface area contributed by atoms with Crippen molar-refractivity contribution < 1.29 is 19.4 Å². The molecule has 0 aromatic carbocycles. The molecule has 0 amide bonds. The van der Waals surface area contributed by atoms with Crippen LogP contribution in [0.5, 0.6) is 0 Å². The minimum atomic E-state index is -0.947. The zero-order chi connectivity index (χ0) is 11.7. The average Bonchev–Trinajstić information content (AvgIpc) is 2.20. The molecule has 0 aliphatic rings. The van der Waals surface area contributed by atoms with E-state index in [4.69, 9.17) is 14.6 Å². The molecule has 0 rings (SSSR count). The van der Waals surface area contributed by atoms with E-state index in [2.05, 4.69) is 13.2 Å². The van der Waals surface area contributed by atoms with Gasteiger partial charge >= 0.3 is 5.97 Å². The summed E-state index contributed by atoms with van der Waals surface area (Å²) in [6.45, 7) is 9.68. The predicted molar refractivity (Wildman–Crippen MR) is 57.6 cm³/mol. The van der Waals surface area contributed by atoms with Crippen LogP contribution in [0.25, 0.3) is 0 Å². The van der Waals surface area contributed by atoms with E-state index in [0.717, 1.165) is 0 Å². The molecule has 0 fully saturated rings. The maximum Gasteiger partial charge on any atom is 0.330 e. The zero-order valence-corrected chi connectivity index (χ0v) is 9.07. The molecule has 86 valence electrons. The maximum absolute atomic E-state index is 10.4. The lowest BCUT2D eigenvalue weighted by molar-refractivity contribution is -0.132. The zero-order valence-electron chi connectivity index (χ0n) is 9.07.